The minimum absolute atomic E-state index is 0. The molecule has 1 aromatic rings. The number of guanidine groups is 1. The topological polar surface area (TPSA) is 57.5 Å². The fraction of sp³-hybridized carbons (Fsp3) is 0.778. The number of rotatable bonds is 5. The molecule has 1 aliphatic rings. The van der Waals surface area contributed by atoms with Crippen LogP contribution in [0.2, 0.25) is 0 Å². The quantitative estimate of drug-likeness (QED) is 0.401. The summed E-state index contributed by atoms with van der Waals surface area (Å²) in [6, 6.07) is 2.01. The van der Waals surface area contributed by atoms with Crippen LogP contribution in [0.3, 0.4) is 0 Å². The Morgan fingerprint density at radius 2 is 1.92 bits per heavy atom. The molecule has 6 nitrogen and oxygen atoms in total. The van der Waals surface area contributed by atoms with Crippen molar-refractivity contribution >= 4 is 29.9 Å². The van der Waals surface area contributed by atoms with E-state index in [1.54, 1.807) is 0 Å². The molecule has 0 bridgehead atoms. The van der Waals surface area contributed by atoms with Gasteiger partial charge in [0.1, 0.15) is 0 Å². The molecule has 0 radical (unpaired) electrons. The average Bonchev–Trinajstić information content (AvgIpc) is 2.92. The molecule has 1 saturated heterocycles. The van der Waals surface area contributed by atoms with Gasteiger partial charge >= 0.3 is 0 Å². The van der Waals surface area contributed by atoms with E-state index in [2.05, 4.69) is 53.3 Å². The summed E-state index contributed by atoms with van der Waals surface area (Å²) >= 11 is 0. The Morgan fingerprint density at radius 1 is 1.28 bits per heavy atom. The smallest absolute Gasteiger partial charge is 0.191 e. The van der Waals surface area contributed by atoms with Crippen molar-refractivity contribution in [1.82, 2.24) is 25.3 Å². The van der Waals surface area contributed by atoms with Gasteiger partial charge in [-0.2, -0.15) is 5.10 Å². The summed E-state index contributed by atoms with van der Waals surface area (Å²) in [4.78, 5) is 6.96. The summed E-state index contributed by atoms with van der Waals surface area (Å²) < 4.78 is 1.88. The van der Waals surface area contributed by atoms with Crippen LogP contribution < -0.4 is 10.6 Å². The van der Waals surface area contributed by atoms with Gasteiger partial charge in [0.15, 0.2) is 5.96 Å². The van der Waals surface area contributed by atoms with Crippen molar-refractivity contribution in [1.29, 1.82) is 0 Å². The predicted molar refractivity (Wildman–Crippen MR) is 115 cm³/mol. The highest BCUT2D eigenvalue weighted by atomic mass is 127. The molecule has 1 aromatic heterocycles. The summed E-state index contributed by atoms with van der Waals surface area (Å²) in [5, 5.41) is 11.0. The van der Waals surface area contributed by atoms with Crippen LogP contribution >= 0.6 is 24.0 Å². The van der Waals surface area contributed by atoms with Crippen LogP contribution in [0.5, 0.6) is 0 Å². The van der Waals surface area contributed by atoms with E-state index < -0.39 is 0 Å². The van der Waals surface area contributed by atoms with Crippen LogP contribution in [-0.4, -0.2) is 52.9 Å². The zero-order valence-electron chi connectivity index (χ0n) is 16.5. The molecule has 144 valence electrons. The molecule has 0 spiro atoms. The van der Waals surface area contributed by atoms with Crippen molar-refractivity contribution in [3.05, 3.63) is 18.0 Å². The number of hydrogen-bond acceptors (Lipinski definition) is 3. The Hall–Kier alpha value is -0.830. The highest BCUT2D eigenvalue weighted by molar-refractivity contribution is 14.0. The van der Waals surface area contributed by atoms with Gasteiger partial charge in [-0.1, -0.05) is 13.8 Å². The van der Waals surface area contributed by atoms with E-state index in [4.69, 9.17) is 0 Å². The monoisotopic (exact) mass is 462 g/mol. The number of hydrogen-bond donors (Lipinski definition) is 2. The van der Waals surface area contributed by atoms with Crippen LogP contribution in [0.15, 0.2) is 17.3 Å². The molecule has 2 N–H and O–H groups in total. The van der Waals surface area contributed by atoms with Gasteiger partial charge in [-0.15, -0.1) is 24.0 Å². The van der Waals surface area contributed by atoms with Crippen molar-refractivity contribution in [2.24, 2.45) is 23.9 Å². The molecule has 0 aromatic carbocycles. The number of likely N-dealkylation sites (tertiary alicyclic amines) is 1. The molecule has 2 heterocycles. The Kier molecular flexibility index (Phi) is 8.67. The van der Waals surface area contributed by atoms with E-state index in [9.17, 15) is 0 Å². The Balaban J connectivity index is 0.00000312. The van der Waals surface area contributed by atoms with Crippen molar-refractivity contribution < 1.29 is 0 Å². The maximum atomic E-state index is 4.34. The van der Waals surface area contributed by atoms with Gasteiger partial charge in [0.25, 0.3) is 0 Å². The predicted octanol–water partition coefficient (Wildman–Crippen LogP) is 2.46. The fourth-order valence-electron chi connectivity index (χ4n) is 3.54. The van der Waals surface area contributed by atoms with Crippen molar-refractivity contribution in [3.8, 4) is 0 Å². The molecular formula is C18H35IN6. The number of aryl methyl sites for hydroxylation is 1. The molecule has 2 unspecified atom stereocenters. The maximum absolute atomic E-state index is 4.34. The standard InChI is InChI=1S/C18H34N6.HI/c1-14-9-15(2)12-24(11-14)18(3,4)13-21-17(19-5)20-10-16-7-8-22-23(16)6;/h7-8,14-15H,9-13H2,1-6H3,(H2,19,20,21);1H. The highest BCUT2D eigenvalue weighted by Crippen LogP contribution is 2.26. The highest BCUT2D eigenvalue weighted by Gasteiger charge is 2.32. The number of nitrogens with one attached hydrogen (secondary N) is 2. The Labute approximate surface area is 169 Å². The Bertz CT molecular complexity index is 544. The van der Waals surface area contributed by atoms with Crippen LogP contribution in [0, 0.1) is 11.8 Å². The second kappa shape index (κ2) is 9.75. The lowest BCUT2D eigenvalue weighted by Crippen LogP contribution is -2.57. The second-order valence-electron chi connectivity index (χ2n) is 7.89. The molecule has 0 aliphatic carbocycles. The lowest BCUT2D eigenvalue weighted by atomic mass is 9.88. The summed E-state index contributed by atoms with van der Waals surface area (Å²) in [5.41, 5.74) is 1.24. The van der Waals surface area contributed by atoms with Crippen LogP contribution in [0.25, 0.3) is 0 Å². The molecule has 2 atom stereocenters. The zero-order valence-corrected chi connectivity index (χ0v) is 18.9. The number of halogens is 1. The van der Waals surface area contributed by atoms with Gasteiger partial charge < -0.3 is 10.6 Å². The summed E-state index contributed by atoms with van der Waals surface area (Å²) in [6.45, 7) is 13.3. The summed E-state index contributed by atoms with van der Waals surface area (Å²) in [7, 11) is 3.77. The summed E-state index contributed by atoms with van der Waals surface area (Å²) in [5.74, 6) is 2.38. The first-order valence-corrected chi connectivity index (χ1v) is 8.98. The normalized spacial score (nSPS) is 22.4. The van der Waals surface area contributed by atoms with E-state index in [0.29, 0.717) is 6.54 Å². The molecule has 1 fully saturated rings. The third-order valence-corrected chi connectivity index (χ3v) is 5.00. The first kappa shape index (κ1) is 22.2. The minimum Gasteiger partial charge on any atom is -0.355 e. The zero-order chi connectivity index (χ0) is 17.7. The van der Waals surface area contributed by atoms with Gasteiger partial charge in [0.2, 0.25) is 0 Å². The molecule has 0 saturated carbocycles. The molecule has 0 amide bonds. The van der Waals surface area contributed by atoms with Gasteiger partial charge in [0.05, 0.1) is 12.2 Å². The van der Waals surface area contributed by atoms with Crippen LogP contribution in [-0.2, 0) is 13.6 Å². The minimum atomic E-state index is 0. The largest absolute Gasteiger partial charge is 0.355 e. The SMILES string of the molecule is CN=C(NCc1ccnn1C)NCC(C)(C)N1CC(C)CC(C)C1.I. The van der Waals surface area contributed by atoms with E-state index in [-0.39, 0.29) is 29.5 Å². The van der Waals surface area contributed by atoms with Crippen LogP contribution in [0.1, 0.15) is 39.8 Å². The van der Waals surface area contributed by atoms with Crippen LogP contribution in [0.4, 0.5) is 0 Å². The van der Waals surface area contributed by atoms with Crippen molar-refractivity contribution in [3.63, 3.8) is 0 Å². The molecule has 1 aliphatic heterocycles. The average molecular weight is 462 g/mol. The van der Waals surface area contributed by atoms with Crippen molar-refractivity contribution in [2.45, 2.75) is 46.2 Å². The lowest BCUT2D eigenvalue weighted by molar-refractivity contribution is 0.0483. The third-order valence-electron chi connectivity index (χ3n) is 5.00. The van der Waals surface area contributed by atoms with Gasteiger partial charge in [-0.25, -0.2) is 0 Å². The number of aromatic nitrogens is 2. The molecule has 2 rings (SSSR count). The lowest BCUT2D eigenvalue weighted by Gasteiger charge is -2.45. The van der Waals surface area contributed by atoms with Crippen molar-refractivity contribution in [2.75, 3.05) is 26.7 Å². The molecule has 25 heavy (non-hydrogen) atoms. The van der Waals surface area contributed by atoms with E-state index in [1.807, 2.05) is 31.0 Å². The van der Waals surface area contributed by atoms with Gasteiger partial charge in [-0.3, -0.25) is 14.6 Å². The number of piperidine rings is 1. The number of nitrogens with zero attached hydrogens (tertiary/aromatic N) is 4. The second-order valence-corrected chi connectivity index (χ2v) is 7.89. The number of aliphatic imine (C=N–C) groups is 1. The summed E-state index contributed by atoms with van der Waals surface area (Å²) in [6.07, 6.45) is 3.16. The maximum Gasteiger partial charge on any atom is 0.191 e. The third kappa shape index (κ3) is 6.44. The molecular weight excluding hydrogens is 427 g/mol. The van der Waals surface area contributed by atoms with Gasteiger partial charge in [0, 0.05) is 45.5 Å². The van der Waals surface area contributed by atoms with Gasteiger partial charge in [-0.05, 0) is 38.2 Å². The van der Waals surface area contributed by atoms with E-state index >= 15 is 0 Å². The van der Waals surface area contributed by atoms with E-state index in [1.165, 1.54) is 19.5 Å². The van der Waals surface area contributed by atoms with E-state index in [0.717, 1.165) is 30.0 Å². The molecule has 7 heteroatoms. The first-order chi connectivity index (χ1) is 11.3. The Morgan fingerprint density at radius 3 is 2.44 bits per heavy atom. The fourth-order valence-corrected chi connectivity index (χ4v) is 3.54. The first-order valence-electron chi connectivity index (χ1n) is 8.98.